The quantitative estimate of drug-likeness (QED) is 0.754. The average Bonchev–Trinajstić information content (AvgIpc) is 2.90. The maximum Gasteiger partial charge on any atom is 0.435 e. The zero-order valence-electron chi connectivity index (χ0n) is 15.0. The summed E-state index contributed by atoms with van der Waals surface area (Å²) in [7, 11) is 1.31. The zero-order valence-corrected chi connectivity index (χ0v) is 15.0. The number of carbonyl (C=O) groups is 1. The van der Waals surface area contributed by atoms with E-state index in [2.05, 4.69) is 10.4 Å². The van der Waals surface area contributed by atoms with E-state index in [1.54, 1.807) is 0 Å². The minimum absolute atomic E-state index is 0.0722. The molecule has 8 heteroatoms. The third kappa shape index (κ3) is 4.62. The number of hydrogen-bond donors (Lipinski definition) is 1. The number of anilines is 1. The van der Waals surface area contributed by atoms with E-state index >= 15 is 0 Å². The standard InChI is InChI=1S/C18H21F4N3O/c1-10(2)7-11(3)13-8-12(19)5-6-15(13)23-17(26)14-9-25(4)24-16(14)18(20,21)22/h5-6,8-11H,7H2,1-4H3,(H,23,26). The van der Waals surface area contributed by atoms with Crippen LogP contribution in [0.25, 0.3) is 0 Å². The Morgan fingerprint density at radius 3 is 2.50 bits per heavy atom. The summed E-state index contributed by atoms with van der Waals surface area (Å²) in [6.45, 7) is 5.91. The van der Waals surface area contributed by atoms with E-state index in [0.29, 0.717) is 17.2 Å². The second kappa shape index (κ2) is 7.47. The molecular formula is C18H21F4N3O. The van der Waals surface area contributed by atoms with Crippen molar-refractivity contribution in [3.8, 4) is 0 Å². The van der Waals surface area contributed by atoms with Gasteiger partial charge in [0.1, 0.15) is 5.82 Å². The van der Waals surface area contributed by atoms with Crippen molar-refractivity contribution in [3.05, 3.63) is 47.0 Å². The third-order valence-corrected chi connectivity index (χ3v) is 3.96. The Hall–Kier alpha value is -2.38. The molecule has 0 bridgehead atoms. The number of aryl methyl sites for hydroxylation is 1. The average molecular weight is 371 g/mol. The third-order valence-electron chi connectivity index (χ3n) is 3.96. The minimum atomic E-state index is -4.75. The van der Waals surface area contributed by atoms with Gasteiger partial charge in [-0.1, -0.05) is 20.8 Å². The van der Waals surface area contributed by atoms with E-state index in [1.165, 1.54) is 19.2 Å². The lowest BCUT2D eigenvalue weighted by molar-refractivity contribution is -0.141. The van der Waals surface area contributed by atoms with E-state index in [4.69, 9.17) is 0 Å². The highest BCUT2D eigenvalue weighted by Crippen LogP contribution is 2.33. The predicted octanol–water partition coefficient (Wildman–Crippen LogP) is 4.98. The van der Waals surface area contributed by atoms with Gasteiger partial charge >= 0.3 is 6.18 Å². The molecule has 0 saturated carbocycles. The van der Waals surface area contributed by atoms with Crippen LogP contribution in [-0.4, -0.2) is 15.7 Å². The molecule has 1 aromatic carbocycles. The molecule has 1 atom stereocenters. The maximum absolute atomic E-state index is 13.7. The molecule has 0 spiro atoms. The number of hydrogen-bond acceptors (Lipinski definition) is 2. The summed E-state index contributed by atoms with van der Waals surface area (Å²) in [4.78, 5) is 12.4. The van der Waals surface area contributed by atoms with E-state index in [0.717, 1.165) is 23.4 Å². The molecule has 4 nitrogen and oxygen atoms in total. The molecule has 0 aliphatic heterocycles. The highest BCUT2D eigenvalue weighted by atomic mass is 19.4. The first kappa shape index (κ1) is 19.9. The van der Waals surface area contributed by atoms with Crippen molar-refractivity contribution in [3.63, 3.8) is 0 Å². The van der Waals surface area contributed by atoms with Gasteiger partial charge in [-0.2, -0.15) is 18.3 Å². The number of alkyl halides is 3. The first-order chi connectivity index (χ1) is 12.0. The Morgan fingerprint density at radius 2 is 1.92 bits per heavy atom. The molecule has 0 aliphatic rings. The number of benzene rings is 1. The summed E-state index contributed by atoms with van der Waals surface area (Å²) in [5.41, 5.74) is -0.991. The molecule has 1 N–H and O–H groups in total. The number of nitrogens with one attached hydrogen (secondary N) is 1. The van der Waals surface area contributed by atoms with Crippen LogP contribution < -0.4 is 5.32 Å². The number of aromatic nitrogens is 2. The fourth-order valence-corrected chi connectivity index (χ4v) is 2.94. The van der Waals surface area contributed by atoms with Crippen molar-refractivity contribution in [2.24, 2.45) is 13.0 Å². The summed E-state index contributed by atoms with van der Waals surface area (Å²) >= 11 is 0. The number of nitrogens with zero attached hydrogens (tertiary/aromatic N) is 2. The molecule has 1 amide bonds. The van der Waals surface area contributed by atoms with Gasteiger partial charge in [-0.3, -0.25) is 9.48 Å². The van der Waals surface area contributed by atoms with Crippen LogP contribution in [0.4, 0.5) is 23.2 Å². The van der Waals surface area contributed by atoms with Gasteiger partial charge in [-0.05, 0) is 42.0 Å². The van der Waals surface area contributed by atoms with Crippen LogP contribution in [0.3, 0.4) is 0 Å². The summed E-state index contributed by atoms with van der Waals surface area (Å²) < 4.78 is 53.8. The fourth-order valence-electron chi connectivity index (χ4n) is 2.94. The molecular weight excluding hydrogens is 350 g/mol. The van der Waals surface area contributed by atoms with Crippen LogP contribution in [0.5, 0.6) is 0 Å². The molecule has 2 aromatic rings. The molecule has 1 heterocycles. The van der Waals surface area contributed by atoms with Gasteiger partial charge < -0.3 is 5.32 Å². The Balaban J connectivity index is 2.36. The molecule has 1 unspecified atom stereocenters. The lowest BCUT2D eigenvalue weighted by Crippen LogP contribution is -2.19. The SMILES string of the molecule is CC(C)CC(C)c1cc(F)ccc1NC(=O)c1cn(C)nc1C(F)(F)F. The van der Waals surface area contributed by atoms with Gasteiger partial charge in [0.15, 0.2) is 5.69 Å². The zero-order chi connectivity index (χ0) is 19.6. The Bertz CT molecular complexity index is 796. The Labute approximate surface area is 149 Å². The van der Waals surface area contributed by atoms with E-state index in [1.807, 2.05) is 20.8 Å². The van der Waals surface area contributed by atoms with Crippen LogP contribution in [0, 0.1) is 11.7 Å². The number of rotatable bonds is 5. The van der Waals surface area contributed by atoms with Gasteiger partial charge in [0.25, 0.3) is 5.91 Å². The molecule has 1 aromatic heterocycles. The molecule has 2 rings (SSSR count). The molecule has 0 saturated heterocycles. The van der Waals surface area contributed by atoms with Gasteiger partial charge in [0.05, 0.1) is 5.56 Å². The maximum atomic E-state index is 13.7. The topological polar surface area (TPSA) is 46.9 Å². The number of halogens is 4. The van der Waals surface area contributed by atoms with Crippen LogP contribution >= 0.6 is 0 Å². The fraction of sp³-hybridized carbons (Fsp3) is 0.444. The van der Waals surface area contributed by atoms with E-state index in [9.17, 15) is 22.4 Å². The van der Waals surface area contributed by atoms with Crippen molar-refractivity contribution in [2.75, 3.05) is 5.32 Å². The summed E-state index contributed by atoms with van der Waals surface area (Å²) in [6, 6.07) is 3.83. The highest BCUT2D eigenvalue weighted by molar-refractivity contribution is 6.05. The monoisotopic (exact) mass is 371 g/mol. The Morgan fingerprint density at radius 1 is 1.27 bits per heavy atom. The molecule has 26 heavy (non-hydrogen) atoms. The second-order valence-electron chi connectivity index (χ2n) is 6.78. The summed E-state index contributed by atoms with van der Waals surface area (Å²) in [5.74, 6) is -1.13. The van der Waals surface area contributed by atoms with Gasteiger partial charge in [0.2, 0.25) is 0 Å². The first-order valence-electron chi connectivity index (χ1n) is 8.20. The number of amides is 1. The Kier molecular flexibility index (Phi) is 5.73. The van der Waals surface area contributed by atoms with Crippen molar-refractivity contribution >= 4 is 11.6 Å². The minimum Gasteiger partial charge on any atom is -0.322 e. The molecule has 0 radical (unpaired) electrons. The van der Waals surface area contributed by atoms with Crippen LogP contribution in [0.2, 0.25) is 0 Å². The van der Waals surface area contributed by atoms with E-state index < -0.39 is 29.2 Å². The number of carbonyl (C=O) groups excluding carboxylic acids is 1. The van der Waals surface area contributed by atoms with Crippen LogP contribution in [-0.2, 0) is 13.2 Å². The highest BCUT2D eigenvalue weighted by Gasteiger charge is 2.39. The molecule has 0 aliphatic carbocycles. The lowest BCUT2D eigenvalue weighted by Gasteiger charge is -2.19. The smallest absolute Gasteiger partial charge is 0.322 e. The lowest BCUT2D eigenvalue weighted by atomic mass is 9.90. The summed E-state index contributed by atoms with van der Waals surface area (Å²) in [5, 5.41) is 5.80. The van der Waals surface area contributed by atoms with Crippen molar-refractivity contribution in [1.29, 1.82) is 0 Å². The normalized spacial score (nSPS) is 13.1. The van der Waals surface area contributed by atoms with Gasteiger partial charge in [-0.25, -0.2) is 4.39 Å². The van der Waals surface area contributed by atoms with Crippen molar-refractivity contribution in [2.45, 2.75) is 39.3 Å². The van der Waals surface area contributed by atoms with E-state index in [-0.39, 0.29) is 5.92 Å². The van der Waals surface area contributed by atoms with Gasteiger partial charge in [-0.15, -0.1) is 0 Å². The largest absolute Gasteiger partial charge is 0.435 e. The summed E-state index contributed by atoms with van der Waals surface area (Å²) in [6.07, 6.45) is -2.99. The van der Waals surface area contributed by atoms with Crippen molar-refractivity contribution < 1.29 is 22.4 Å². The van der Waals surface area contributed by atoms with Gasteiger partial charge in [0, 0.05) is 18.9 Å². The predicted molar refractivity (Wildman–Crippen MR) is 90.4 cm³/mol. The van der Waals surface area contributed by atoms with Crippen LogP contribution in [0.1, 0.15) is 54.7 Å². The van der Waals surface area contributed by atoms with Crippen molar-refractivity contribution in [1.82, 2.24) is 9.78 Å². The molecule has 0 fully saturated rings. The molecule has 142 valence electrons. The first-order valence-corrected chi connectivity index (χ1v) is 8.20. The second-order valence-corrected chi connectivity index (χ2v) is 6.78. The van der Waals surface area contributed by atoms with Crippen LogP contribution in [0.15, 0.2) is 24.4 Å².